The molecule has 0 unspecified atom stereocenters. The van der Waals surface area contributed by atoms with Gasteiger partial charge < -0.3 is 10.2 Å². The first kappa shape index (κ1) is 20.7. The van der Waals surface area contributed by atoms with Gasteiger partial charge in [-0.3, -0.25) is 10.00 Å². The van der Waals surface area contributed by atoms with Crippen molar-refractivity contribution in [2.75, 3.05) is 24.5 Å². The molecule has 6 rings (SSSR count). The van der Waals surface area contributed by atoms with Gasteiger partial charge in [0.25, 0.3) is 0 Å². The van der Waals surface area contributed by atoms with Crippen molar-refractivity contribution >= 4 is 17.5 Å². The number of aromatic nitrogens is 6. The summed E-state index contributed by atoms with van der Waals surface area (Å²) in [4.78, 5) is 26.0. The maximum atomic E-state index is 14.9. The molecule has 34 heavy (non-hydrogen) atoms. The van der Waals surface area contributed by atoms with Crippen molar-refractivity contribution in [2.45, 2.75) is 25.9 Å². The summed E-state index contributed by atoms with van der Waals surface area (Å²) < 4.78 is 16.5. The van der Waals surface area contributed by atoms with E-state index in [0.717, 1.165) is 13.1 Å². The maximum absolute atomic E-state index is 14.9. The number of anilines is 1. The average Bonchev–Trinajstić information content (AvgIpc) is 3.52. The molecule has 5 heterocycles. The smallest absolute Gasteiger partial charge is 0.317 e. The zero-order valence-electron chi connectivity index (χ0n) is 18.8. The highest BCUT2D eigenvalue weighted by Crippen LogP contribution is 2.32. The Morgan fingerprint density at radius 2 is 2.03 bits per heavy atom. The summed E-state index contributed by atoms with van der Waals surface area (Å²) in [6.07, 6.45) is 4.86. The molecule has 1 atom stereocenters. The number of H-pyrrole nitrogens is 1. The predicted molar refractivity (Wildman–Crippen MR) is 124 cm³/mol. The number of rotatable bonds is 5. The van der Waals surface area contributed by atoms with E-state index in [1.807, 2.05) is 11.0 Å². The third-order valence-corrected chi connectivity index (χ3v) is 6.67. The molecule has 0 aliphatic carbocycles. The minimum Gasteiger partial charge on any atom is -0.317 e. The van der Waals surface area contributed by atoms with Crippen molar-refractivity contribution in [1.82, 2.24) is 40.0 Å². The summed E-state index contributed by atoms with van der Waals surface area (Å²) in [5.74, 6) is 0.696. The van der Waals surface area contributed by atoms with Crippen molar-refractivity contribution in [3.8, 4) is 22.5 Å². The summed E-state index contributed by atoms with van der Waals surface area (Å²) in [6, 6.07) is 6.90. The molecule has 2 N–H and O–H groups in total. The molecule has 2 aliphatic heterocycles. The van der Waals surface area contributed by atoms with Crippen molar-refractivity contribution in [1.29, 1.82) is 0 Å². The molecule has 0 bridgehead atoms. The van der Waals surface area contributed by atoms with Crippen LogP contribution in [0.2, 0.25) is 0 Å². The fraction of sp³-hybridized carbons (Fsp3) is 0.348. The molecule has 174 valence electrons. The maximum Gasteiger partial charge on any atom is 0.326 e. The second-order valence-corrected chi connectivity index (χ2v) is 9.06. The normalized spacial score (nSPS) is 18.9. The van der Waals surface area contributed by atoms with Gasteiger partial charge in [-0.25, -0.2) is 23.7 Å². The summed E-state index contributed by atoms with van der Waals surface area (Å²) in [6.45, 7) is 6.55. The van der Waals surface area contributed by atoms with E-state index in [4.69, 9.17) is 4.98 Å². The van der Waals surface area contributed by atoms with Crippen LogP contribution < -0.4 is 10.2 Å². The summed E-state index contributed by atoms with van der Waals surface area (Å²) in [7, 11) is 0. The van der Waals surface area contributed by atoms with Gasteiger partial charge >= 0.3 is 6.03 Å². The Morgan fingerprint density at radius 3 is 2.71 bits per heavy atom. The van der Waals surface area contributed by atoms with E-state index >= 15 is 0 Å². The first-order valence-electron chi connectivity index (χ1n) is 11.3. The van der Waals surface area contributed by atoms with E-state index in [2.05, 4.69) is 39.4 Å². The lowest BCUT2D eigenvalue weighted by atomic mass is 10.0. The Kier molecular flexibility index (Phi) is 4.80. The second kappa shape index (κ2) is 7.87. The fourth-order valence-corrected chi connectivity index (χ4v) is 4.62. The van der Waals surface area contributed by atoms with Gasteiger partial charge in [0.2, 0.25) is 0 Å². The highest BCUT2D eigenvalue weighted by atomic mass is 19.1. The molecule has 2 amide bonds. The number of hydrogen-bond acceptors (Lipinski definition) is 6. The lowest BCUT2D eigenvalue weighted by molar-refractivity contribution is 0.172. The van der Waals surface area contributed by atoms with Gasteiger partial charge in [-0.05, 0) is 29.7 Å². The molecule has 0 radical (unpaired) electrons. The Bertz CT molecular complexity index is 1360. The third kappa shape index (κ3) is 3.23. The lowest BCUT2D eigenvalue weighted by Crippen LogP contribution is -2.58. The number of hydrogen-bond donors (Lipinski definition) is 2. The van der Waals surface area contributed by atoms with Crippen LogP contribution in [0.4, 0.5) is 15.0 Å². The van der Waals surface area contributed by atoms with Crippen molar-refractivity contribution in [2.24, 2.45) is 5.92 Å². The molecule has 2 aliphatic rings. The lowest BCUT2D eigenvalue weighted by Gasteiger charge is -2.35. The Balaban J connectivity index is 1.39. The molecule has 0 saturated carbocycles. The molecule has 10 nitrogen and oxygen atoms in total. The van der Waals surface area contributed by atoms with Gasteiger partial charge in [0.1, 0.15) is 18.0 Å². The van der Waals surface area contributed by atoms with Gasteiger partial charge in [0.15, 0.2) is 11.5 Å². The standard InChI is InChI=1S/C23H24FN9O/c1-13(2)19-11-31(15-8-25-9-15)23(34)33(19)20-5-6-32-22(29-20)17(10-28-32)14-3-4-16(18(24)7-14)21-26-12-27-30-21/h3-7,10,12-13,15,19,25H,8-9,11H2,1-2H3,(H,26,27,30)/t19-/m1/s1. The quantitative estimate of drug-likeness (QED) is 0.473. The van der Waals surface area contributed by atoms with Gasteiger partial charge in [-0.2, -0.15) is 10.2 Å². The second-order valence-electron chi connectivity index (χ2n) is 9.06. The van der Waals surface area contributed by atoms with Gasteiger partial charge in [0, 0.05) is 31.4 Å². The number of nitrogens with one attached hydrogen (secondary N) is 2. The molecule has 2 fully saturated rings. The van der Waals surface area contributed by atoms with Crippen LogP contribution in [-0.4, -0.2) is 72.4 Å². The number of fused-ring (bicyclic) bond motifs is 1. The number of benzene rings is 1. The zero-order chi connectivity index (χ0) is 23.4. The molecule has 0 spiro atoms. The van der Waals surface area contributed by atoms with Crippen LogP contribution in [0.25, 0.3) is 28.2 Å². The number of carbonyl (C=O) groups excluding carboxylic acids is 1. The van der Waals surface area contributed by atoms with Gasteiger partial charge in [0.05, 0.1) is 23.8 Å². The number of amides is 2. The van der Waals surface area contributed by atoms with Crippen LogP contribution in [0.5, 0.6) is 0 Å². The number of nitrogens with zero attached hydrogens (tertiary/aromatic N) is 7. The van der Waals surface area contributed by atoms with Crippen LogP contribution in [0.15, 0.2) is 43.0 Å². The predicted octanol–water partition coefficient (Wildman–Crippen LogP) is 2.56. The first-order chi connectivity index (χ1) is 16.5. The number of urea groups is 1. The molecule has 3 aromatic heterocycles. The van der Waals surface area contributed by atoms with E-state index in [1.54, 1.807) is 33.9 Å². The molecule has 1 aromatic carbocycles. The topological polar surface area (TPSA) is 107 Å². The SMILES string of the molecule is CC(C)[C@H]1CN(C2CNC2)C(=O)N1c1ccn2ncc(-c3ccc(-c4nc[nH]n4)c(F)c3)c2n1. The van der Waals surface area contributed by atoms with Crippen LogP contribution in [0.3, 0.4) is 0 Å². The van der Waals surface area contributed by atoms with Crippen LogP contribution >= 0.6 is 0 Å². The zero-order valence-corrected chi connectivity index (χ0v) is 18.8. The summed E-state index contributed by atoms with van der Waals surface area (Å²) in [5, 5.41) is 14.2. The van der Waals surface area contributed by atoms with Crippen molar-refractivity contribution in [3.05, 3.63) is 48.8 Å². The van der Waals surface area contributed by atoms with E-state index in [-0.39, 0.29) is 24.0 Å². The van der Waals surface area contributed by atoms with Crippen molar-refractivity contribution < 1.29 is 9.18 Å². The Morgan fingerprint density at radius 1 is 1.18 bits per heavy atom. The monoisotopic (exact) mass is 461 g/mol. The Hall–Kier alpha value is -3.86. The minimum atomic E-state index is -0.438. The first-order valence-corrected chi connectivity index (χ1v) is 11.3. The number of halogens is 1. The van der Waals surface area contributed by atoms with E-state index in [1.165, 1.54) is 12.4 Å². The Labute approximate surface area is 194 Å². The van der Waals surface area contributed by atoms with E-state index < -0.39 is 5.82 Å². The van der Waals surface area contributed by atoms with Crippen LogP contribution in [0, 0.1) is 11.7 Å². The van der Waals surface area contributed by atoms with Gasteiger partial charge in [-0.15, -0.1) is 0 Å². The van der Waals surface area contributed by atoms with Gasteiger partial charge in [-0.1, -0.05) is 19.9 Å². The minimum absolute atomic E-state index is 0.0208. The average molecular weight is 462 g/mol. The molecule has 4 aromatic rings. The van der Waals surface area contributed by atoms with E-state index in [9.17, 15) is 9.18 Å². The third-order valence-electron chi connectivity index (χ3n) is 6.67. The van der Waals surface area contributed by atoms with Crippen molar-refractivity contribution in [3.63, 3.8) is 0 Å². The molecular formula is C23H24FN9O. The van der Waals surface area contributed by atoms with E-state index in [0.29, 0.717) is 40.5 Å². The molecular weight excluding hydrogens is 437 g/mol. The molecule has 11 heteroatoms. The summed E-state index contributed by atoms with van der Waals surface area (Å²) in [5.41, 5.74) is 2.17. The largest absolute Gasteiger partial charge is 0.326 e. The fourth-order valence-electron chi connectivity index (χ4n) is 4.62. The number of carbonyl (C=O) groups is 1. The molecule has 2 saturated heterocycles. The summed E-state index contributed by atoms with van der Waals surface area (Å²) >= 11 is 0. The highest BCUT2D eigenvalue weighted by molar-refractivity contribution is 5.95. The van der Waals surface area contributed by atoms with Crippen LogP contribution in [0.1, 0.15) is 13.8 Å². The number of aromatic amines is 1. The highest BCUT2D eigenvalue weighted by Gasteiger charge is 2.44. The van der Waals surface area contributed by atoms with Crippen LogP contribution in [-0.2, 0) is 0 Å².